The summed E-state index contributed by atoms with van der Waals surface area (Å²) in [6, 6.07) is 5.11. The molecule has 0 aliphatic carbocycles. The summed E-state index contributed by atoms with van der Waals surface area (Å²) in [5.41, 5.74) is 0.282. The molecule has 1 aromatic carbocycles. The van der Waals surface area contributed by atoms with Gasteiger partial charge in [-0.1, -0.05) is 22.0 Å². The van der Waals surface area contributed by atoms with Gasteiger partial charge in [-0.2, -0.15) is 0 Å². The van der Waals surface area contributed by atoms with Gasteiger partial charge in [0.1, 0.15) is 5.60 Å². The van der Waals surface area contributed by atoms with E-state index in [1.807, 2.05) is 26.8 Å². The minimum atomic E-state index is -0.536. The number of nitrogens with zero attached hydrogens (tertiary/aromatic N) is 1. The van der Waals surface area contributed by atoms with Gasteiger partial charge in [-0.3, -0.25) is 0 Å². The number of methoxy groups -OCH3 is 1. The van der Waals surface area contributed by atoms with Crippen LogP contribution in [0.5, 0.6) is 11.5 Å². The maximum atomic E-state index is 12.3. The fraction of sp³-hybridized carbons (Fsp3) is 0.562. The number of halogens is 1. The lowest BCUT2D eigenvalue weighted by molar-refractivity contribution is 0.0234. The normalized spacial score (nSPS) is 11.1. The molecule has 0 spiro atoms. The molecule has 124 valence electrons. The molecular formula is C16H24BrNO4. The highest BCUT2D eigenvalue weighted by Crippen LogP contribution is 2.27. The summed E-state index contributed by atoms with van der Waals surface area (Å²) in [5.74, 6) is 0.470. The quantitative estimate of drug-likeness (QED) is 0.767. The second kappa shape index (κ2) is 8.27. The maximum absolute atomic E-state index is 12.3. The Morgan fingerprint density at radius 2 is 2.05 bits per heavy atom. The van der Waals surface area contributed by atoms with Crippen LogP contribution in [0.25, 0.3) is 0 Å². The Hall–Kier alpha value is -1.43. The molecule has 0 bridgehead atoms. The van der Waals surface area contributed by atoms with Crippen LogP contribution in [0.15, 0.2) is 18.2 Å². The first-order valence-electron chi connectivity index (χ1n) is 7.16. The summed E-state index contributed by atoms with van der Waals surface area (Å²) >= 11 is 3.37. The van der Waals surface area contributed by atoms with Crippen LogP contribution in [0, 0.1) is 0 Å². The van der Waals surface area contributed by atoms with E-state index in [-0.39, 0.29) is 11.8 Å². The first-order valence-corrected chi connectivity index (χ1v) is 8.28. The molecule has 5 nitrogen and oxygen atoms in total. The number of phenols is 1. The van der Waals surface area contributed by atoms with Crippen molar-refractivity contribution >= 4 is 22.0 Å². The van der Waals surface area contributed by atoms with Crippen LogP contribution in [-0.4, -0.2) is 40.7 Å². The summed E-state index contributed by atoms with van der Waals surface area (Å²) in [7, 11) is 1.50. The zero-order valence-corrected chi connectivity index (χ0v) is 15.1. The minimum absolute atomic E-state index is 0.0598. The van der Waals surface area contributed by atoms with E-state index in [0.717, 1.165) is 17.3 Å². The third-order valence-corrected chi connectivity index (χ3v) is 3.39. The van der Waals surface area contributed by atoms with Crippen molar-refractivity contribution in [3.05, 3.63) is 23.8 Å². The van der Waals surface area contributed by atoms with Crippen LogP contribution >= 0.6 is 15.9 Å². The Bertz CT molecular complexity index is 499. The molecule has 0 unspecified atom stereocenters. The first-order chi connectivity index (χ1) is 10.3. The summed E-state index contributed by atoms with van der Waals surface area (Å²) in [4.78, 5) is 13.9. The maximum Gasteiger partial charge on any atom is 0.410 e. The van der Waals surface area contributed by atoms with Crippen LogP contribution < -0.4 is 4.74 Å². The average Bonchev–Trinajstić information content (AvgIpc) is 2.41. The Morgan fingerprint density at radius 1 is 1.36 bits per heavy atom. The molecule has 0 heterocycles. The Kier molecular flexibility index (Phi) is 7.00. The van der Waals surface area contributed by atoms with Crippen molar-refractivity contribution in [1.82, 2.24) is 4.90 Å². The number of hydrogen-bond acceptors (Lipinski definition) is 4. The molecule has 0 aromatic heterocycles. The Labute approximate surface area is 140 Å². The fourth-order valence-corrected chi connectivity index (χ4v) is 2.12. The summed E-state index contributed by atoms with van der Waals surface area (Å²) in [5, 5.41) is 10.6. The number of carbonyl (C=O) groups excluding carboxylic acids is 1. The van der Waals surface area contributed by atoms with Crippen LogP contribution in [0.2, 0.25) is 0 Å². The lowest BCUT2D eigenvalue weighted by Gasteiger charge is -2.27. The molecule has 6 heteroatoms. The van der Waals surface area contributed by atoms with Gasteiger partial charge in [-0.15, -0.1) is 0 Å². The Morgan fingerprint density at radius 3 is 2.55 bits per heavy atom. The van der Waals surface area contributed by atoms with E-state index in [1.165, 1.54) is 7.11 Å². The van der Waals surface area contributed by atoms with E-state index in [1.54, 1.807) is 17.0 Å². The molecule has 0 saturated heterocycles. The van der Waals surface area contributed by atoms with E-state index in [0.29, 0.717) is 18.8 Å². The van der Waals surface area contributed by atoms with Gasteiger partial charge in [0.2, 0.25) is 0 Å². The summed E-state index contributed by atoms with van der Waals surface area (Å²) < 4.78 is 10.5. The topological polar surface area (TPSA) is 59.0 Å². The van der Waals surface area contributed by atoms with E-state index in [4.69, 9.17) is 9.47 Å². The third kappa shape index (κ3) is 6.13. The molecule has 0 radical (unpaired) electrons. The van der Waals surface area contributed by atoms with Crippen LogP contribution in [0.3, 0.4) is 0 Å². The van der Waals surface area contributed by atoms with Crippen molar-refractivity contribution in [3.8, 4) is 11.5 Å². The minimum Gasteiger partial charge on any atom is -0.504 e. The summed E-state index contributed by atoms with van der Waals surface area (Å²) in [6.07, 6.45) is 0.463. The van der Waals surface area contributed by atoms with Gasteiger partial charge in [0.25, 0.3) is 0 Å². The largest absolute Gasteiger partial charge is 0.504 e. The van der Waals surface area contributed by atoms with Crippen molar-refractivity contribution in [3.63, 3.8) is 0 Å². The molecule has 0 atom stereocenters. The molecule has 1 rings (SSSR count). The molecule has 0 saturated carbocycles. The first kappa shape index (κ1) is 18.6. The Balaban J connectivity index is 2.84. The van der Waals surface area contributed by atoms with Crippen molar-refractivity contribution in [1.29, 1.82) is 0 Å². The van der Waals surface area contributed by atoms with Gasteiger partial charge in [-0.05, 0) is 44.9 Å². The van der Waals surface area contributed by atoms with Gasteiger partial charge >= 0.3 is 6.09 Å². The predicted molar refractivity (Wildman–Crippen MR) is 89.7 cm³/mol. The van der Waals surface area contributed by atoms with Gasteiger partial charge in [-0.25, -0.2) is 4.79 Å². The predicted octanol–water partition coefficient (Wildman–Crippen LogP) is 3.92. The molecular weight excluding hydrogens is 350 g/mol. The molecule has 1 N–H and O–H groups in total. The monoisotopic (exact) mass is 373 g/mol. The molecule has 0 aliphatic rings. The van der Waals surface area contributed by atoms with Gasteiger partial charge in [0.05, 0.1) is 7.11 Å². The highest BCUT2D eigenvalue weighted by molar-refractivity contribution is 9.09. The number of rotatable bonds is 6. The lowest BCUT2D eigenvalue weighted by Crippen LogP contribution is -2.37. The SMILES string of the molecule is COc1ccc(CN(CCCBr)C(=O)OC(C)(C)C)cc1O. The molecule has 1 aromatic rings. The van der Waals surface area contributed by atoms with Gasteiger partial charge < -0.3 is 19.5 Å². The zero-order chi connectivity index (χ0) is 16.8. The third-order valence-electron chi connectivity index (χ3n) is 2.83. The molecule has 1 amide bonds. The fourth-order valence-electron chi connectivity index (χ4n) is 1.87. The number of benzene rings is 1. The molecule has 22 heavy (non-hydrogen) atoms. The van der Waals surface area contributed by atoms with Crippen molar-refractivity contribution in [2.24, 2.45) is 0 Å². The van der Waals surface area contributed by atoms with Crippen LogP contribution in [0.4, 0.5) is 4.79 Å². The number of aromatic hydroxyl groups is 1. The number of ether oxygens (including phenoxy) is 2. The number of hydrogen-bond donors (Lipinski definition) is 1. The smallest absolute Gasteiger partial charge is 0.410 e. The second-order valence-corrected chi connectivity index (χ2v) is 6.74. The molecule has 0 fully saturated rings. The van der Waals surface area contributed by atoms with E-state index in [9.17, 15) is 9.90 Å². The number of amides is 1. The van der Waals surface area contributed by atoms with Crippen molar-refractivity contribution in [2.45, 2.75) is 39.3 Å². The number of alkyl halides is 1. The van der Waals surface area contributed by atoms with Crippen LogP contribution in [-0.2, 0) is 11.3 Å². The zero-order valence-electron chi connectivity index (χ0n) is 13.6. The van der Waals surface area contributed by atoms with E-state index >= 15 is 0 Å². The standard InChI is InChI=1S/C16H24BrNO4/c1-16(2,3)22-15(20)18(9-5-8-17)11-12-6-7-14(21-4)13(19)10-12/h6-7,10,19H,5,8-9,11H2,1-4H3. The van der Waals surface area contributed by atoms with E-state index < -0.39 is 5.60 Å². The van der Waals surface area contributed by atoms with Gasteiger partial charge in [0.15, 0.2) is 11.5 Å². The number of carbonyl (C=O) groups is 1. The van der Waals surface area contributed by atoms with Crippen LogP contribution in [0.1, 0.15) is 32.8 Å². The summed E-state index contributed by atoms with van der Waals surface area (Å²) in [6.45, 7) is 6.47. The van der Waals surface area contributed by atoms with Gasteiger partial charge in [0, 0.05) is 18.4 Å². The van der Waals surface area contributed by atoms with Crippen molar-refractivity contribution in [2.75, 3.05) is 19.0 Å². The second-order valence-electron chi connectivity index (χ2n) is 5.95. The van der Waals surface area contributed by atoms with E-state index in [2.05, 4.69) is 15.9 Å². The average molecular weight is 374 g/mol. The van der Waals surface area contributed by atoms with Crippen molar-refractivity contribution < 1.29 is 19.4 Å². The number of phenolic OH excluding ortho intramolecular Hbond substituents is 1. The molecule has 0 aliphatic heterocycles. The lowest BCUT2D eigenvalue weighted by atomic mass is 10.2. The highest BCUT2D eigenvalue weighted by atomic mass is 79.9. The highest BCUT2D eigenvalue weighted by Gasteiger charge is 2.22.